The van der Waals surface area contributed by atoms with Gasteiger partial charge >= 0.3 is 0 Å². The minimum Gasteiger partial charge on any atom is -0.497 e. The molecule has 0 unspecified atom stereocenters. The monoisotopic (exact) mass is 565 g/mol. The van der Waals surface area contributed by atoms with Gasteiger partial charge in [-0.05, 0) is 81.6 Å². The predicted molar refractivity (Wildman–Crippen MR) is 158 cm³/mol. The van der Waals surface area contributed by atoms with E-state index in [2.05, 4.69) is 5.32 Å². The number of benzene rings is 3. The number of nitrogens with zero attached hydrogens (tertiary/aromatic N) is 2. The van der Waals surface area contributed by atoms with E-state index in [1.807, 2.05) is 52.8 Å². The lowest BCUT2D eigenvalue weighted by Crippen LogP contribution is -2.55. The average Bonchev–Trinajstić information content (AvgIpc) is 2.91. The Labute approximate surface area is 238 Å². The maximum Gasteiger partial charge on any atom is 0.264 e. The summed E-state index contributed by atoms with van der Waals surface area (Å²) in [6.45, 7) is 8.92. The summed E-state index contributed by atoms with van der Waals surface area (Å²) >= 11 is 0. The molecule has 1 atom stereocenters. The number of methoxy groups -OCH3 is 1. The second-order valence-electron chi connectivity index (χ2n) is 10.7. The van der Waals surface area contributed by atoms with E-state index in [4.69, 9.17) is 4.74 Å². The molecule has 0 aliphatic heterocycles. The number of rotatable bonds is 11. The summed E-state index contributed by atoms with van der Waals surface area (Å²) < 4.78 is 34.2. The lowest BCUT2D eigenvalue weighted by atomic mass is 10.1. The minimum atomic E-state index is -4.10. The number of anilines is 1. The second-order valence-corrected chi connectivity index (χ2v) is 12.6. The fourth-order valence-corrected chi connectivity index (χ4v) is 5.80. The number of ether oxygens (including phenoxy) is 1. The summed E-state index contributed by atoms with van der Waals surface area (Å²) in [5.41, 5.74) is 1.45. The number of sulfonamides is 1. The Hall–Kier alpha value is -3.85. The van der Waals surface area contributed by atoms with E-state index in [1.54, 1.807) is 55.6 Å². The fraction of sp³-hybridized carbons (Fsp3) is 0.355. The molecule has 0 aliphatic rings. The summed E-state index contributed by atoms with van der Waals surface area (Å²) in [5.74, 6) is -0.191. The summed E-state index contributed by atoms with van der Waals surface area (Å²) in [7, 11) is -2.54. The number of carbonyl (C=O) groups is 2. The normalized spacial score (nSPS) is 12.3. The predicted octanol–water partition coefficient (Wildman–Crippen LogP) is 4.92. The Balaban J connectivity index is 2.07. The summed E-state index contributed by atoms with van der Waals surface area (Å²) in [6.07, 6.45) is 0.341. The van der Waals surface area contributed by atoms with Crippen LogP contribution in [0, 0.1) is 6.92 Å². The van der Waals surface area contributed by atoms with Crippen LogP contribution in [0.15, 0.2) is 83.8 Å². The van der Waals surface area contributed by atoms with Crippen LogP contribution in [0.3, 0.4) is 0 Å². The van der Waals surface area contributed by atoms with E-state index in [1.165, 1.54) is 17.0 Å². The lowest BCUT2D eigenvalue weighted by Gasteiger charge is -2.35. The molecule has 3 rings (SSSR count). The largest absolute Gasteiger partial charge is 0.497 e. The minimum absolute atomic E-state index is 0.0705. The van der Waals surface area contributed by atoms with E-state index >= 15 is 0 Å². The molecular weight excluding hydrogens is 526 g/mol. The molecule has 0 radical (unpaired) electrons. The van der Waals surface area contributed by atoms with Crippen LogP contribution in [0.5, 0.6) is 5.75 Å². The molecule has 40 heavy (non-hydrogen) atoms. The van der Waals surface area contributed by atoms with Crippen molar-refractivity contribution >= 4 is 27.5 Å². The molecule has 2 amide bonds. The molecule has 0 aliphatic carbocycles. The third-order valence-corrected chi connectivity index (χ3v) is 8.06. The summed E-state index contributed by atoms with van der Waals surface area (Å²) in [5, 5.41) is 2.97. The van der Waals surface area contributed by atoms with Crippen LogP contribution in [0.25, 0.3) is 0 Å². The highest BCUT2D eigenvalue weighted by Crippen LogP contribution is 2.26. The maximum atomic E-state index is 14.1. The highest BCUT2D eigenvalue weighted by atomic mass is 32.2. The van der Waals surface area contributed by atoms with Crippen molar-refractivity contribution < 1.29 is 22.7 Å². The van der Waals surface area contributed by atoms with Crippen LogP contribution < -0.4 is 14.4 Å². The van der Waals surface area contributed by atoms with E-state index in [9.17, 15) is 18.0 Å². The zero-order chi connectivity index (χ0) is 29.5. The highest BCUT2D eigenvalue weighted by Gasteiger charge is 2.34. The van der Waals surface area contributed by atoms with Crippen molar-refractivity contribution in [2.75, 3.05) is 18.0 Å². The van der Waals surface area contributed by atoms with Crippen molar-refractivity contribution in [1.82, 2.24) is 10.2 Å². The zero-order valence-corrected chi connectivity index (χ0v) is 24.9. The van der Waals surface area contributed by atoms with Gasteiger partial charge in [0.05, 0.1) is 17.7 Å². The van der Waals surface area contributed by atoms with Gasteiger partial charge in [-0.15, -0.1) is 0 Å². The first-order valence-electron chi connectivity index (χ1n) is 13.2. The molecule has 0 heterocycles. The van der Waals surface area contributed by atoms with Gasteiger partial charge in [-0.2, -0.15) is 0 Å². The molecule has 0 saturated carbocycles. The molecule has 3 aromatic rings. The Morgan fingerprint density at radius 2 is 1.62 bits per heavy atom. The summed E-state index contributed by atoms with van der Waals surface area (Å²) in [4.78, 5) is 29.1. The standard InChI is InChI=1S/C31H39N3O5S/c1-7-28(30(36)32-31(3,4)5)33(21-24-14-12-16-26(20-24)39-6)29(35)22-34(25-15-11-13-23(2)19-25)40(37,38)27-17-9-8-10-18-27/h8-20,28H,7,21-22H2,1-6H3,(H,32,36)/t28-/m0/s1. The lowest BCUT2D eigenvalue weighted by molar-refractivity contribution is -0.141. The van der Waals surface area contributed by atoms with Gasteiger partial charge in [-0.25, -0.2) is 8.42 Å². The SMILES string of the molecule is CC[C@@H](C(=O)NC(C)(C)C)N(Cc1cccc(OC)c1)C(=O)CN(c1cccc(C)c1)S(=O)(=O)c1ccccc1. The van der Waals surface area contributed by atoms with Gasteiger partial charge in [-0.3, -0.25) is 13.9 Å². The van der Waals surface area contributed by atoms with Gasteiger partial charge in [0.1, 0.15) is 18.3 Å². The van der Waals surface area contributed by atoms with Gasteiger partial charge < -0.3 is 15.0 Å². The average molecular weight is 566 g/mol. The molecular formula is C31H39N3O5S. The van der Waals surface area contributed by atoms with Gasteiger partial charge in [0.25, 0.3) is 10.0 Å². The van der Waals surface area contributed by atoms with Crippen molar-refractivity contribution in [1.29, 1.82) is 0 Å². The van der Waals surface area contributed by atoms with Crippen molar-refractivity contribution in [2.45, 2.75) is 64.1 Å². The van der Waals surface area contributed by atoms with E-state index in [0.29, 0.717) is 17.9 Å². The Bertz CT molecular complexity index is 1420. The first-order valence-corrected chi connectivity index (χ1v) is 14.7. The molecule has 0 aromatic heterocycles. The third kappa shape index (κ3) is 7.85. The quantitative estimate of drug-likeness (QED) is 0.356. The van der Waals surface area contributed by atoms with Gasteiger partial charge in [0.15, 0.2) is 0 Å². The number of carbonyl (C=O) groups excluding carboxylic acids is 2. The Morgan fingerprint density at radius 1 is 0.950 bits per heavy atom. The Morgan fingerprint density at radius 3 is 2.23 bits per heavy atom. The van der Waals surface area contributed by atoms with Crippen molar-refractivity contribution in [3.05, 3.63) is 90.0 Å². The number of hydrogen-bond acceptors (Lipinski definition) is 5. The van der Waals surface area contributed by atoms with Crippen molar-refractivity contribution in [3.8, 4) is 5.75 Å². The molecule has 214 valence electrons. The molecule has 0 spiro atoms. The number of nitrogens with one attached hydrogen (secondary N) is 1. The number of hydrogen-bond donors (Lipinski definition) is 1. The van der Waals surface area contributed by atoms with Crippen LogP contribution >= 0.6 is 0 Å². The topological polar surface area (TPSA) is 96.0 Å². The molecule has 1 N–H and O–H groups in total. The van der Waals surface area contributed by atoms with Crippen LogP contribution in [0.4, 0.5) is 5.69 Å². The zero-order valence-electron chi connectivity index (χ0n) is 24.0. The molecule has 9 heteroatoms. The molecule has 0 saturated heterocycles. The maximum absolute atomic E-state index is 14.1. The van der Waals surface area contributed by atoms with Crippen LogP contribution in [0.1, 0.15) is 45.2 Å². The molecule has 0 bridgehead atoms. The van der Waals surface area contributed by atoms with E-state index < -0.39 is 34.1 Å². The van der Waals surface area contributed by atoms with Gasteiger partial charge in [0, 0.05) is 12.1 Å². The molecule has 0 fully saturated rings. The first-order chi connectivity index (χ1) is 18.9. The fourth-order valence-electron chi connectivity index (χ4n) is 4.37. The van der Waals surface area contributed by atoms with Gasteiger partial charge in [-0.1, -0.05) is 49.4 Å². The first kappa shape index (κ1) is 30.7. The van der Waals surface area contributed by atoms with E-state index in [0.717, 1.165) is 15.4 Å². The van der Waals surface area contributed by atoms with Gasteiger partial charge in [0.2, 0.25) is 11.8 Å². The number of aryl methyl sites for hydroxylation is 1. The summed E-state index contributed by atoms with van der Waals surface area (Å²) in [6, 6.07) is 21.4. The smallest absolute Gasteiger partial charge is 0.264 e. The van der Waals surface area contributed by atoms with Crippen LogP contribution in [-0.4, -0.2) is 50.4 Å². The molecule has 8 nitrogen and oxygen atoms in total. The van der Waals surface area contributed by atoms with Crippen LogP contribution in [0.2, 0.25) is 0 Å². The van der Waals surface area contributed by atoms with Crippen LogP contribution in [-0.2, 0) is 26.2 Å². The van der Waals surface area contributed by atoms with E-state index in [-0.39, 0.29) is 17.3 Å². The number of amides is 2. The highest BCUT2D eigenvalue weighted by molar-refractivity contribution is 7.92. The van der Waals surface area contributed by atoms with Crippen molar-refractivity contribution in [2.24, 2.45) is 0 Å². The third-order valence-electron chi connectivity index (χ3n) is 6.27. The second kappa shape index (κ2) is 13.0. The van der Waals surface area contributed by atoms with Crippen molar-refractivity contribution in [3.63, 3.8) is 0 Å². The Kier molecular flexibility index (Phi) is 9.98. The molecule has 3 aromatic carbocycles.